The second-order valence-electron chi connectivity index (χ2n) is 5.23. The van der Waals surface area contributed by atoms with Crippen molar-refractivity contribution < 1.29 is 19.1 Å². The van der Waals surface area contributed by atoms with Gasteiger partial charge in [0.2, 0.25) is 0 Å². The number of ketones is 1. The second-order valence-corrected chi connectivity index (χ2v) is 6.03. The molecular formula is C18H18N2O4S. The van der Waals surface area contributed by atoms with Crippen molar-refractivity contribution in [2.75, 3.05) is 11.6 Å². The summed E-state index contributed by atoms with van der Waals surface area (Å²) in [6.45, 7) is 2.96. The van der Waals surface area contributed by atoms with Crippen molar-refractivity contribution in [1.82, 2.24) is 4.98 Å². The van der Waals surface area contributed by atoms with Crippen molar-refractivity contribution >= 4 is 35.1 Å². The number of aromatic nitrogens is 1. The van der Waals surface area contributed by atoms with E-state index >= 15 is 0 Å². The smallest absolute Gasteiger partial charge is 0.341 e. The van der Waals surface area contributed by atoms with Crippen LogP contribution in [0.3, 0.4) is 0 Å². The minimum Gasteiger partial charge on any atom is -0.449 e. The number of thioether (sulfide) groups is 1. The molecule has 7 heteroatoms. The number of benzene rings is 1. The molecule has 2 rings (SSSR count). The zero-order valence-corrected chi connectivity index (χ0v) is 14.9. The van der Waals surface area contributed by atoms with Crippen molar-refractivity contribution in [3.05, 3.63) is 53.7 Å². The maximum atomic E-state index is 12.2. The molecule has 1 heterocycles. The molecule has 0 aliphatic rings. The number of carbonyl (C=O) groups excluding carboxylic acids is 3. The quantitative estimate of drug-likeness (QED) is 0.485. The standard InChI is InChI=1S/C18H18N2O4S/c1-11(21)13-6-8-14(9-7-13)20-16(22)12(2)24-18(23)15-5-4-10-19-17(15)25-3/h4-10,12H,1-3H3,(H,20,22)/t12-/m1/s1. The monoisotopic (exact) mass is 358 g/mol. The first-order valence-corrected chi connectivity index (χ1v) is 8.76. The van der Waals surface area contributed by atoms with Crippen molar-refractivity contribution in [3.8, 4) is 0 Å². The van der Waals surface area contributed by atoms with E-state index in [1.807, 2.05) is 0 Å². The molecule has 0 saturated heterocycles. The topological polar surface area (TPSA) is 85.4 Å². The molecule has 25 heavy (non-hydrogen) atoms. The van der Waals surface area contributed by atoms with Gasteiger partial charge < -0.3 is 10.1 Å². The average molecular weight is 358 g/mol. The van der Waals surface area contributed by atoms with Crippen LogP contribution in [-0.4, -0.2) is 35.0 Å². The number of hydrogen-bond donors (Lipinski definition) is 1. The molecule has 1 N–H and O–H groups in total. The summed E-state index contributed by atoms with van der Waals surface area (Å²) in [5.41, 5.74) is 1.39. The predicted molar refractivity (Wildman–Crippen MR) is 96.0 cm³/mol. The highest BCUT2D eigenvalue weighted by Gasteiger charge is 2.21. The van der Waals surface area contributed by atoms with Gasteiger partial charge in [-0.3, -0.25) is 9.59 Å². The lowest BCUT2D eigenvalue weighted by atomic mass is 10.1. The van der Waals surface area contributed by atoms with Crippen LogP contribution in [0.15, 0.2) is 47.6 Å². The van der Waals surface area contributed by atoms with Crippen LogP contribution in [0.1, 0.15) is 34.6 Å². The third-order valence-corrected chi connectivity index (χ3v) is 4.11. The van der Waals surface area contributed by atoms with E-state index in [2.05, 4.69) is 10.3 Å². The highest BCUT2D eigenvalue weighted by molar-refractivity contribution is 7.98. The van der Waals surface area contributed by atoms with E-state index in [0.29, 0.717) is 21.8 Å². The Morgan fingerprint density at radius 3 is 2.44 bits per heavy atom. The molecule has 0 saturated carbocycles. The third-order valence-electron chi connectivity index (χ3n) is 3.40. The molecule has 0 spiro atoms. The Morgan fingerprint density at radius 2 is 1.84 bits per heavy atom. The normalized spacial score (nSPS) is 11.5. The van der Waals surface area contributed by atoms with Crippen LogP contribution in [0.4, 0.5) is 5.69 Å². The van der Waals surface area contributed by atoms with Gasteiger partial charge in [-0.15, -0.1) is 11.8 Å². The van der Waals surface area contributed by atoms with Gasteiger partial charge in [0.25, 0.3) is 5.91 Å². The maximum Gasteiger partial charge on any atom is 0.341 e. The van der Waals surface area contributed by atoms with E-state index in [-0.39, 0.29) is 5.78 Å². The van der Waals surface area contributed by atoms with E-state index in [4.69, 9.17) is 4.74 Å². The van der Waals surface area contributed by atoms with Gasteiger partial charge in [-0.2, -0.15) is 0 Å². The fraction of sp³-hybridized carbons (Fsp3) is 0.222. The van der Waals surface area contributed by atoms with Gasteiger partial charge in [0.05, 0.1) is 5.56 Å². The number of nitrogens with zero attached hydrogens (tertiary/aromatic N) is 1. The fourth-order valence-electron chi connectivity index (χ4n) is 2.02. The zero-order valence-electron chi connectivity index (χ0n) is 14.1. The van der Waals surface area contributed by atoms with E-state index in [1.165, 1.54) is 25.6 Å². The summed E-state index contributed by atoms with van der Waals surface area (Å²) < 4.78 is 5.22. The Morgan fingerprint density at radius 1 is 1.16 bits per heavy atom. The summed E-state index contributed by atoms with van der Waals surface area (Å²) in [5, 5.41) is 3.19. The predicted octanol–water partition coefficient (Wildman–Crippen LogP) is 3.19. The Kier molecular flexibility index (Phi) is 6.30. The number of carbonyl (C=O) groups is 3. The largest absolute Gasteiger partial charge is 0.449 e. The highest BCUT2D eigenvalue weighted by atomic mass is 32.2. The molecule has 6 nitrogen and oxygen atoms in total. The van der Waals surface area contributed by atoms with Gasteiger partial charge in [0.1, 0.15) is 5.03 Å². The van der Waals surface area contributed by atoms with Crippen molar-refractivity contribution in [1.29, 1.82) is 0 Å². The Bertz CT molecular complexity index is 790. The lowest BCUT2D eigenvalue weighted by Crippen LogP contribution is -2.30. The second kappa shape index (κ2) is 8.43. The van der Waals surface area contributed by atoms with Crippen molar-refractivity contribution in [3.63, 3.8) is 0 Å². The number of rotatable bonds is 6. The van der Waals surface area contributed by atoms with Gasteiger partial charge in [-0.1, -0.05) is 0 Å². The lowest BCUT2D eigenvalue weighted by molar-refractivity contribution is -0.123. The van der Waals surface area contributed by atoms with Crippen LogP contribution in [0, 0.1) is 0 Å². The molecule has 1 atom stereocenters. The molecule has 1 aromatic heterocycles. The molecule has 0 aliphatic heterocycles. The summed E-state index contributed by atoms with van der Waals surface area (Å²) >= 11 is 1.33. The molecule has 2 aromatic rings. The van der Waals surface area contributed by atoms with Gasteiger partial charge in [-0.05, 0) is 56.5 Å². The molecule has 0 aliphatic carbocycles. The molecule has 130 valence electrons. The summed E-state index contributed by atoms with van der Waals surface area (Å²) in [7, 11) is 0. The fourth-order valence-corrected chi connectivity index (χ4v) is 2.56. The maximum absolute atomic E-state index is 12.2. The number of amides is 1. The van der Waals surface area contributed by atoms with E-state index < -0.39 is 18.0 Å². The number of anilines is 1. The highest BCUT2D eigenvalue weighted by Crippen LogP contribution is 2.18. The number of pyridine rings is 1. The molecule has 1 amide bonds. The van der Waals surface area contributed by atoms with Crippen LogP contribution in [-0.2, 0) is 9.53 Å². The Hall–Kier alpha value is -2.67. The van der Waals surface area contributed by atoms with Crippen LogP contribution in [0.5, 0.6) is 0 Å². The summed E-state index contributed by atoms with van der Waals surface area (Å²) in [5.74, 6) is -1.12. The molecule has 0 unspecified atom stereocenters. The van der Waals surface area contributed by atoms with Crippen LogP contribution in [0.25, 0.3) is 0 Å². The number of nitrogens with one attached hydrogen (secondary N) is 1. The molecule has 1 aromatic carbocycles. The summed E-state index contributed by atoms with van der Waals surface area (Å²) in [6, 6.07) is 9.72. The summed E-state index contributed by atoms with van der Waals surface area (Å²) in [4.78, 5) is 39.7. The zero-order chi connectivity index (χ0) is 18.4. The van der Waals surface area contributed by atoms with Gasteiger partial charge in [0.15, 0.2) is 11.9 Å². The molecule has 0 radical (unpaired) electrons. The minimum absolute atomic E-state index is 0.0544. The first-order chi connectivity index (χ1) is 11.9. The van der Waals surface area contributed by atoms with Crippen LogP contribution >= 0.6 is 11.8 Å². The number of esters is 1. The first kappa shape index (κ1) is 18.7. The minimum atomic E-state index is -0.977. The molecular weight excluding hydrogens is 340 g/mol. The molecule has 0 bridgehead atoms. The summed E-state index contributed by atoms with van der Waals surface area (Å²) in [6.07, 6.45) is 2.42. The Balaban J connectivity index is 2.00. The van der Waals surface area contributed by atoms with Crippen LogP contribution < -0.4 is 5.32 Å². The Labute approximate surface area is 150 Å². The number of Topliss-reactive ketones (excluding diaryl/α,β-unsaturated/α-hetero) is 1. The van der Waals surface area contributed by atoms with E-state index in [1.54, 1.807) is 48.9 Å². The van der Waals surface area contributed by atoms with Gasteiger partial charge >= 0.3 is 5.97 Å². The van der Waals surface area contributed by atoms with Gasteiger partial charge in [0, 0.05) is 17.4 Å². The third kappa shape index (κ3) is 4.90. The number of hydrogen-bond acceptors (Lipinski definition) is 6. The first-order valence-electron chi connectivity index (χ1n) is 7.54. The van der Waals surface area contributed by atoms with E-state index in [0.717, 1.165) is 0 Å². The SMILES string of the molecule is CSc1ncccc1C(=O)O[C@H](C)C(=O)Nc1ccc(C(C)=O)cc1. The molecule has 0 fully saturated rings. The lowest BCUT2D eigenvalue weighted by Gasteiger charge is -2.14. The van der Waals surface area contributed by atoms with Crippen molar-refractivity contribution in [2.24, 2.45) is 0 Å². The van der Waals surface area contributed by atoms with Gasteiger partial charge in [-0.25, -0.2) is 9.78 Å². The number of ether oxygens (including phenoxy) is 1. The van der Waals surface area contributed by atoms with Crippen molar-refractivity contribution in [2.45, 2.75) is 25.0 Å². The average Bonchev–Trinajstić information content (AvgIpc) is 2.61. The van der Waals surface area contributed by atoms with Crippen LogP contribution in [0.2, 0.25) is 0 Å². The van der Waals surface area contributed by atoms with E-state index in [9.17, 15) is 14.4 Å².